The highest BCUT2D eigenvalue weighted by Gasteiger charge is 2.45. The zero-order chi connectivity index (χ0) is 28.2. The topological polar surface area (TPSA) is 83.1 Å². The van der Waals surface area contributed by atoms with E-state index in [4.69, 9.17) is 18.9 Å². The predicted octanol–water partition coefficient (Wildman–Crippen LogP) is 5.67. The van der Waals surface area contributed by atoms with Gasteiger partial charge >= 0.3 is 5.97 Å². The molecule has 5 rings (SSSR count). The number of hydrogen-bond acceptors (Lipinski definition) is 7. The third kappa shape index (κ3) is 5.32. The Kier molecular flexibility index (Phi) is 7.91. The molecular formula is C33H33NO6. The van der Waals surface area contributed by atoms with Crippen LogP contribution in [0.5, 0.6) is 17.2 Å². The molecule has 206 valence electrons. The Bertz CT molecular complexity index is 1460. The summed E-state index contributed by atoms with van der Waals surface area (Å²) in [5.41, 5.74) is 4.72. The van der Waals surface area contributed by atoms with Crippen LogP contribution >= 0.6 is 0 Å². The summed E-state index contributed by atoms with van der Waals surface area (Å²) in [6.07, 6.45) is 2.43. The van der Waals surface area contributed by atoms with Crippen LogP contribution in [0.25, 0.3) is 0 Å². The lowest BCUT2D eigenvalue weighted by Gasteiger charge is -2.39. The highest BCUT2D eigenvalue weighted by Crippen LogP contribution is 2.47. The van der Waals surface area contributed by atoms with Gasteiger partial charge in [0.05, 0.1) is 32.8 Å². The van der Waals surface area contributed by atoms with Crippen molar-refractivity contribution in [3.05, 3.63) is 113 Å². The molecule has 1 N–H and O–H groups in total. The van der Waals surface area contributed by atoms with Crippen LogP contribution in [0.3, 0.4) is 0 Å². The van der Waals surface area contributed by atoms with E-state index in [0.717, 1.165) is 28.1 Å². The maximum absolute atomic E-state index is 13.8. The molecule has 3 atom stereocenters. The van der Waals surface area contributed by atoms with Crippen molar-refractivity contribution in [2.45, 2.75) is 31.8 Å². The van der Waals surface area contributed by atoms with Crippen LogP contribution in [0, 0.1) is 5.92 Å². The summed E-state index contributed by atoms with van der Waals surface area (Å²) in [7, 11) is 4.56. The summed E-state index contributed by atoms with van der Waals surface area (Å²) in [5, 5.41) is 3.35. The van der Waals surface area contributed by atoms with Crippen LogP contribution in [-0.2, 0) is 20.9 Å². The van der Waals surface area contributed by atoms with Crippen LogP contribution in [0.4, 0.5) is 0 Å². The lowest BCUT2D eigenvalue weighted by molar-refractivity contribution is -0.136. The highest BCUT2D eigenvalue weighted by atomic mass is 16.5. The molecule has 0 saturated heterocycles. The summed E-state index contributed by atoms with van der Waals surface area (Å²) in [5.74, 6) is 0.255. The third-order valence-electron chi connectivity index (χ3n) is 7.60. The minimum absolute atomic E-state index is 0.0492. The highest BCUT2D eigenvalue weighted by molar-refractivity contribution is 5.96. The molecule has 40 heavy (non-hydrogen) atoms. The summed E-state index contributed by atoms with van der Waals surface area (Å²) < 4.78 is 22.2. The Morgan fingerprint density at radius 2 is 1.60 bits per heavy atom. The fraction of sp³-hybridized carbons (Fsp3) is 0.273. The number of methoxy groups -OCH3 is 3. The van der Waals surface area contributed by atoms with E-state index in [1.54, 1.807) is 14.2 Å². The van der Waals surface area contributed by atoms with E-state index in [1.807, 2.05) is 79.7 Å². The number of carbonyl (C=O) groups excluding carboxylic acids is 2. The molecule has 1 heterocycles. The standard InChI is InChI=1S/C33H33NO6/c1-20-30(33(36)39-4)31(23-12-15-28(29(18-23)38-3)40-19-21-8-6-5-7-9-21)32-26(34-20)16-24(17-27(32)35)22-10-13-25(37-2)14-11-22/h5-16,18,24,31-32,34H,17,19H2,1-4H3. The lowest BCUT2D eigenvalue weighted by Crippen LogP contribution is -2.41. The first kappa shape index (κ1) is 27.1. The maximum Gasteiger partial charge on any atom is 0.336 e. The molecule has 3 aromatic rings. The fourth-order valence-corrected chi connectivity index (χ4v) is 5.61. The van der Waals surface area contributed by atoms with Crippen molar-refractivity contribution in [1.82, 2.24) is 5.32 Å². The van der Waals surface area contributed by atoms with Gasteiger partial charge in [0.1, 0.15) is 18.1 Å². The van der Waals surface area contributed by atoms with E-state index >= 15 is 0 Å². The van der Waals surface area contributed by atoms with Gasteiger partial charge in [0.15, 0.2) is 11.5 Å². The van der Waals surface area contributed by atoms with Gasteiger partial charge in [0, 0.05) is 29.7 Å². The molecule has 0 fully saturated rings. The summed E-state index contributed by atoms with van der Waals surface area (Å²) in [6.45, 7) is 2.23. The molecule has 0 radical (unpaired) electrons. The quantitative estimate of drug-likeness (QED) is 0.369. The van der Waals surface area contributed by atoms with E-state index in [2.05, 4.69) is 11.4 Å². The average Bonchev–Trinajstić information content (AvgIpc) is 2.99. The minimum Gasteiger partial charge on any atom is -0.497 e. The Balaban J connectivity index is 1.52. The second kappa shape index (κ2) is 11.7. The maximum atomic E-state index is 13.8. The van der Waals surface area contributed by atoms with Gasteiger partial charge in [-0.3, -0.25) is 4.79 Å². The third-order valence-corrected chi connectivity index (χ3v) is 7.60. The number of benzene rings is 3. The molecule has 3 aromatic carbocycles. The molecular weight excluding hydrogens is 506 g/mol. The van der Waals surface area contributed by atoms with Crippen LogP contribution in [0.15, 0.2) is 95.8 Å². The summed E-state index contributed by atoms with van der Waals surface area (Å²) >= 11 is 0. The van der Waals surface area contributed by atoms with E-state index in [1.165, 1.54) is 7.11 Å². The van der Waals surface area contributed by atoms with Crippen molar-refractivity contribution in [2.24, 2.45) is 5.92 Å². The molecule has 0 aromatic heterocycles. The number of fused-ring (bicyclic) bond motifs is 1. The molecule has 1 aliphatic heterocycles. The van der Waals surface area contributed by atoms with Crippen LogP contribution in [-0.4, -0.2) is 33.1 Å². The number of allylic oxidation sites excluding steroid dienone is 3. The summed E-state index contributed by atoms with van der Waals surface area (Å²) in [6, 6.07) is 23.2. The van der Waals surface area contributed by atoms with Gasteiger partial charge in [-0.1, -0.05) is 54.6 Å². The Morgan fingerprint density at radius 3 is 2.27 bits per heavy atom. The van der Waals surface area contributed by atoms with Gasteiger partial charge in [-0.25, -0.2) is 4.79 Å². The Hall–Kier alpha value is -4.52. The van der Waals surface area contributed by atoms with E-state index in [9.17, 15) is 9.59 Å². The van der Waals surface area contributed by atoms with E-state index < -0.39 is 17.8 Å². The molecule has 2 aliphatic rings. The van der Waals surface area contributed by atoms with Crippen molar-refractivity contribution in [3.63, 3.8) is 0 Å². The van der Waals surface area contributed by atoms with E-state index in [0.29, 0.717) is 35.8 Å². The van der Waals surface area contributed by atoms with Gasteiger partial charge in [-0.15, -0.1) is 0 Å². The van der Waals surface area contributed by atoms with Gasteiger partial charge in [0.2, 0.25) is 0 Å². The van der Waals surface area contributed by atoms with Crippen LogP contribution < -0.4 is 19.5 Å². The van der Waals surface area contributed by atoms with Crippen molar-refractivity contribution in [3.8, 4) is 17.2 Å². The zero-order valence-electron chi connectivity index (χ0n) is 23.1. The lowest BCUT2D eigenvalue weighted by atomic mass is 9.68. The average molecular weight is 540 g/mol. The SMILES string of the molecule is COC(=O)C1=C(C)NC2=CC(c3ccc(OC)cc3)CC(=O)C2C1c1ccc(OCc2ccccc2)c(OC)c1. The normalized spacial score (nSPS) is 20.1. The first-order valence-electron chi connectivity index (χ1n) is 13.2. The number of nitrogens with one attached hydrogen (secondary N) is 1. The molecule has 3 unspecified atom stereocenters. The Labute approximate surface area is 234 Å². The monoisotopic (exact) mass is 539 g/mol. The Morgan fingerprint density at radius 1 is 0.875 bits per heavy atom. The molecule has 7 nitrogen and oxygen atoms in total. The number of carbonyl (C=O) groups is 2. The number of esters is 1. The molecule has 0 amide bonds. The smallest absolute Gasteiger partial charge is 0.336 e. The number of Topliss-reactive ketones (excluding diaryl/α,β-unsaturated/α-hetero) is 1. The second-order valence-corrected chi connectivity index (χ2v) is 9.97. The number of rotatable bonds is 8. The van der Waals surface area contributed by atoms with Crippen LogP contribution in [0.2, 0.25) is 0 Å². The minimum atomic E-state index is -0.562. The van der Waals surface area contributed by atoms with E-state index in [-0.39, 0.29) is 11.7 Å². The van der Waals surface area contributed by atoms with Crippen molar-refractivity contribution >= 4 is 11.8 Å². The number of ether oxygens (including phenoxy) is 4. The largest absolute Gasteiger partial charge is 0.497 e. The van der Waals surface area contributed by atoms with Gasteiger partial charge in [-0.2, -0.15) is 0 Å². The first-order chi connectivity index (χ1) is 19.4. The second-order valence-electron chi connectivity index (χ2n) is 9.97. The molecule has 0 saturated carbocycles. The van der Waals surface area contributed by atoms with Gasteiger partial charge < -0.3 is 24.3 Å². The molecule has 1 aliphatic carbocycles. The van der Waals surface area contributed by atoms with Crippen molar-refractivity contribution < 1.29 is 28.5 Å². The van der Waals surface area contributed by atoms with Crippen molar-refractivity contribution in [2.75, 3.05) is 21.3 Å². The van der Waals surface area contributed by atoms with Crippen molar-refractivity contribution in [1.29, 1.82) is 0 Å². The molecule has 0 spiro atoms. The number of hydrogen-bond donors (Lipinski definition) is 1. The summed E-state index contributed by atoms with van der Waals surface area (Å²) in [4.78, 5) is 26.9. The predicted molar refractivity (Wildman–Crippen MR) is 151 cm³/mol. The van der Waals surface area contributed by atoms with Gasteiger partial charge in [-0.05, 0) is 47.9 Å². The first-order valence-corrected chi connectivity index (χ1v) is 13.2. The number of ketones is 1. The zero-order valence-corrected chi connectivity index (χ0v) is 23.1. The fourth-order valence-electron chi connectivity index (χ4n) is 5.61. The van der Waals surface area contributed by atoms with Crippen LogP contribution in [0.1, 0.15) is 41.9 Å². The molecule has 7 heteroatoms. The molecule has 0 bridgehead atoms. The van der Waals surface area contributed by atoms with Gasteiger partial charge in [0.25, 0.3) is 0 Å².